The van der Waals surface area contributed by atoms with Crippen LogP contribution in [0.4, 0.5) is 24.1 Å². The van der Waals surface area contributed by atoms with Crippen LogP contribution in [0.3, 0.4) is 0 Å². The van der Waals surface area contributed by atoms with Gasteiger partial charge < -0.3 is 15.0 Å². The number of likely N-dealkylation sites (tertiary alicyclic amines) is 1. The molecule has 39 heavy (non-hydrogen) atoms. The van der Waals surface area contributed by atoms with Crippen molar-refractivity contribution in [1.29, 1.82) is 0 Å². The van der Waals surface area contributed by atoms with Crippen LogP contribution < -0.4 is 10.1 Å². The summed E-state index contributed by atoms with van der Waals surface area (Å²) in [4.78, 5) is 27.5. The van der Waals surface area contributed by atoms with Gasteiger partial charge in [-0.05, 0) is 37.1 Å². The van der Waals surface area contributed by atoms with E-state index < -0.39 is 11.9 Å². The summed E-state index contributed by atoms with van der Waals surface area (Å²) in [5, 5.41) is 5.94. The van der Waals surface area contributed by atoms with E-state index in [0.717, 1.165) is 37.7 Å². The molecular formula is C27H24F3N5O2S2. The van der Waals surface area contributed by atoms with E-state index in [-0.39, 0.29) is 11.8 Å². The molecule has 1 saturated heterocycles. The molecule has 1 amide bonds. The standard InChI is InChI=1S/C27H24F3N5O2S2/c1-17(36)35-11-9-18(10-12-35)22-16-38-26(33-22)34-25-23(37-19-5-3-2-4-6-19)13-21(15-32-25)39-20-7-8-24(31-14-20)27(28,29)30/h2-8,13-16,18H,9-12H2,1H3,(H,32,33,34). The number of nitrogens with zero attached hydrogens (tertiary/aromatic N) is 4. The van der Waals surface area contributed by atoms with Crippen molar-refractivity contribution in [2.75, 3.05) is 18.4 Å². The Hall–Kier alpha value is -3.64. The van der Waals surface area contributed by atoms with Crippen molar-refractivity contribution in [3.8, 4) is 11.5 Å². The van der Waals surface area contributed by atoms with Gasteiger partial charge in [0, 0.05) is 59.6 Å². The summed E-state index contributed by atoms with van der Waals surface area (Å²) in [6.07, 6.45) is 0.0580. The summed E-state index contributed by atoms with van der Waals surface area (Å²) in [7, 11) is 0. The van der Waals surface area contributed by atoms with E-state index >= 15 is 0 Å². The summed E-state index contributed by atoms with van der Waals surface area (Å²) in [5.41, 5.74) is 0.0445. The van der Waals surface area contributed by atoms with Crippen molar-refractivity contribution < 1.29 is 22.7 Å². The Balaban J connectivity index is 1.34. The molecule has 4 aromatic rings. The van der Waals surface area contributed by atoms with Crippen molar-refractivity contribution in [2.45, 2.75) is 41.7 Å². The summed E-state index contributed by atoms with van der Waals surface area (Å²) in [6.45, 7) is 3.05. The topological polar surface area (TPSA) is 80.2 Å². The lowest BCUT2D eigenvalue weighted by Crippen LogP contribution is -2.36. The normalized spacial score (nSPS) is 14.3. The predicted octanol–water partition coefficient (Wildman–Crippen LogP) is 7.36. The first-order valence-corrected chi connectivity index (χ1v) is 13.9. The van der Waals surface area contributed by atoms with Crippen LogP contribution in [0.15, 0.2) is 76.1 Å². The number of rotatable bonds is 7. The Labute approximate surface area is 231 Å². The molecule has 0 saturated carbocycles. The number of carbonyl (C=O) groups is 1. The second-order valence-electron chi connectivity index (χ2n) is 8.89. The van der Waals surface area contributed by atoms with Crippen molar-refractivity contribution >= 4 is 40.0 Å². The number of alkyl halides is 3. The third-order valence-corrected chi connectivity index (χ3v) is 7.88. The molecule has 202 valence electrons. The molecule has 1 N–H and O–H groups in total. The number of ether oxygens (including phenoxy) is 1. The second-order valence-corrected chi connectivity index (χ2v) is 10.9. The number of amides is 1. The Bertz CT molecular complexity index is 1420. The average Bonchev–Trinajstić information content (AvgIpc) is 3.39. The van der Waals surface area contributed by atoms with Gasteiger partial charge in [0.25, 0.3) is 0 Å². The quantitative estimate of drug-likeness (QED) is 0.248. The van der Waals surface area contributed by atoms with E-state index in [1.165, 1.54) is 35.4 Å². The Morgan fingerprint density at radius 3 is 2.49 bits per heavy atom. The lowest BCUT2D eigenvalue weighted by atomic mass is 9.94. The summed E-state index contributed by atoms with van der Waals surface area (Å²) >= 11 is 2.70. The van der Waals surface area contributed by atoms with Gasteiger partial charge in [0.15, 0.2) is 16.7 Å². The fraction of sp³-hybridized carbons (Fsp3) is 0.259. The number of anilines is 2. The molecule has 1 aliphatic rings. The smallest absolute Gasteiger partial charge is 0.433 e. The summed E-state index contributed by atoms with van der Waals surface area (Å²) < 4.78 is 44.7. The molecule has 1 aromatic carbocycles. The summed E-state index contributed by atoms with van der Waals surface area (Å²) in [5.74, 6) is 1.90. The molecular weight excluding hydrogens is 547 g/mol. The number of carbonyl (C=O) groups excluding carboxylic acids is 1. The number of benzene rings is 1. The van der Waals surface area contributed by atoms with Crippen LogP contribution >= 0.6 is 23.1 Å². The van der Waals surface area contributed by atoms with E-state index in [1.54, 1.807) is 19.2 Å². The predicted molar refractivity (Wildman–Crippen MR) is 144 cm³/mol. The molecule has 7 nitrogen and oxygen atoms in total. The van der Waals surface area contributed by atoms with Crippen LogP contribution in [0.2, 0.25) is 0 Å². The van der Waals surface area contributed by atoms with Crippen molar-refractivity contribution in [2.24, 2.45) is 0 Å². The lowest BCUT2D eigenvalue weighted by molar-refractivity contribution is -0.141. The van der Waals surface area contributed by atoms with Crippen molar-refractivity contribution in [3.63, 3.8) is 0 Å². The molecule has 1 fully saturated rings. The van der Waals surface area contributed by atoms with Crippen LogP contribution in [-0.2, 0) is 11.0 Å². The zero-order valence-corrected chi connectivity index (χ0v) is 22.4. The molecule has 0 atom stereocenters. The third-order valence-electron chi connectivity index (χ3n) is 6.17. The second kappa shape index (κ2) is 11.6. The van der Waals surface area contributed by atoms with Gasteiger partial charge in [-0.1, -0.05) is 30.0 Å². The number of thiazole rings is 1. The molecule has 3 aromatic heterocycles. The maximum absolute atomic E-state index is 12.9. The first kappa shape index (κ1) is 26.9. The van der Waals surface area contributed by atoms with Crippen LogP contribution in [0, 0.1) is 0 Å². The van der Waals surface area contributed by atoms with Gasteiger partial charge in [-0.3, -0.25) is 9.78 Å². The van der Waals surface area contributed by atoms with Gasteiger partial charge >= 0.3 is 6.18 Å². The van der Waals surface area contributed by atoms with E-state index in [4.69, 9.17) is 9.72 Å². The monoisotopic (exact) mass is 571 g/mol. The highest BCUT2D eigenvalue weighted by atomic mass is 32.2. The molecule has 1 aliphatic heterocycles. The maximum atomic E-state index is 12.9. The lowest BCUT2D eigenvalue weighted by Gasteiger charge is -2.30. The van der Waals surface area contributed by atoms with Gasteiger partial charge in [-0.2, -0.15) is 13.2 Å². The van der Waals surface area contributed by atoms with Gasteiger partial charge in [-0.15, -0.1) is 11.3 Å². The average molecular weight is 572 g/mol. The SMILES string of the molecule is CC(=O)N1CCC(c2csc(Nc3ncc(Sc4ccc(C(F)(F)F)nc4)cc3Oc3ccccc3)n2)CC1. The number of halogens is 3. The molecule has 4 heterocycles. The van der Waals surface area contributed by atoms with Crippen molar-refractivity contribution in [1.82, 2.24) is 19.9 Å². The molecule has 0 aliphatic carbocycles. The van der Waals surface area contributed by atoms with Crippen LogP contribution in [0.25, 0.3) is 0 Å². The summed E-state index contributed by atoms with van der Waals surface area (Å²) in [6, 6.07) is 13.3. The van der Waals surface area contributed by atoms with Crippen LogP contribution in [0.1, 0.15) is 37.1 Å². The number of aromatic nitrogens is 3. The van der Waals surface area contributed by atoms with E-state index in [9.17, 15) is 18.0 Å². The molecule has 5 rings (SSSR count). The zero-order chi connectivity index (χ0) is 27.4. The van der Waals surface area contributed by atoms with E-state index in [0.29, 0.717) is 32.2 Å². The highest BCUT2D eigenvalue weighted by Gasteiger charge is 2.32. The van der Waals surface area contributed by atoms with Gasteiger partial charge in [-0.25, -0.2) is 9.97 Å². The minimum absolute atomic E-state index is 0.0994. The fourth-order valence-corrected chi connectivity index (χ4v) is 5.71. The Kier molecular flexibility index (Phi) is 8.03. The fourth-order valence-electron chi connectivity index (χ4n) is 4.14. The highest BCUT2D eigenvalue weighted by molar-refractivity contribution is 7.99. The maximum Gasteiger partial charge on any atom is 0.433 e. The molecule has 12 heteroatoms. The highest BCUT2D eigenvalue weighted by Crippen LogP contribution is 2.38. The molecule has 0 bridgehead atoms. The van der Waals surface area contributed by atoms with E-state index in [2.05, 4.69) is 15.3 Å². The minimum Gasteiger partial charge on any atom is -0.453 e. The van der Waals surface area contributed by atoms with Gasteiger partial charge in [0.05, 0.1) is 5.69 Å². The Morgan fingerprint density at radius 1 is 1.08 bits per heavy atom. The number of hydrogen-bond acceptors (Lipinski definition) is 8. The van der Waals surface area contributed by atoms with Crippen LogP contribution in [0.5, 0.6) is 11.5 Å². The number of piperidine rings is 1. The third kappa shape index (κ3) is 6.87. The first-order chi connectivity index (χ1) is 18.7. The zero-order valence-electron chi connectivity index (χ0n) is 20.8. The largest absolute Gasteiger partial charge is 0.453 e. The Morgan fingerprint density at radius 2 is 1.82 bits per heavy atom. The number of para-hydroxylation sites is 1. The number of pyridine rings is 2. The van der Waals surface area contributed by atoms with Gasteiger partial charge in [0.2, 0.25) is 5.91 Å². The number of hydrogen-bond donors (Lipinski definition) is 1. The minimum atomic E-state index is -4.49. The van der Waals surface area contributed by atoms with Crippen molar-refractivity contribution in [3.05, 3.63) is 77.7 Å². The molecule has 0 unspecified atom stereocenters. The molecule has 0 spiro atoms. The number of nitrogens with one attached hydrogen (secondary N) is 1. The van der Waals surface area contributed by atoms with Gasteiger partial charge in [0.1, 0.15) is 11.4 Å². The van der Waals surface area contributed by atoms with Crippen LogP contribution in [-0.4, -0.2) is 38.8 Å². The first-order valence-electron chi connectivity index (χ1n) is 12.2. The molecule has 0 radical (unpaired) electrons. The van der Waals surface area contributed by atoms with E-state index in [1.807, 2.05) is 40.6 Å².